The van der Waals surface area contributed by atoms with Gasteiger partial charge in [-0.3, -0.25) is 4.79 Å². The maximum atomic E-state index is 12.4. The molecule has 0 saturated carbocycles. The molecule has 22 heavy (non-hydrogen) atoms. The molecule has 1 aliphatic heterocycles. The summed E-state index contributed by atoms with van der Waals surface area (Å²) in [6.45, 7) is 8.98. The number of rotatable bonds is 2. The van der Waals surface area contributed by atoms with E-state index in [0.29, 0.717) is 18.7 Å². The molecule has 114 valence electrons. The summed E-state index contributed by atoms with van der Waals surface area (Å²) in [7, 11) is 0. The fourth-order valence-electron chi connectivity index (χ4n) is 3.05. The smallest absolute Gasteiger partial charge is 0.249 e. The number of carbonyl (C=O) groups excluding carboxylic acids is 1. The number of nitrogens with zero attached hydrogens (tertiary/aromatic N) is 1. The summed E-state index contributed by atoms with van der Waals surface area (Å²) < 4.78 is 0.785. The minimum absolute atomic E-state index is 0.0220. The Morgan fingerprint density at radius 1 is 1.36 bits per heavy atom. The van der Waals surface area contributed by atoms with E-state index < -0.39 is 0 Å². The quantitative estimate of drug-likeness (QED) is 0.726. The van der Waals surface area contributed by atoms with Gasteiger partial charge in [-0.2, -0.15) is 0 Å². The van der Waals surface area contributed by atoms with Crippen LogP contribution in [0.3, 0.4) is 0 Å². The molecular formula is C18H18ClNOS. The number of halogens is 1. The van der Waals surface area contributed by atoms with Crippen LogP contribution in [-0.4, -0.2) is 17.4 Å². The van der Waals surface area contributed by atoms with Crippen molar-refractivity contribution in [3.05, 3.63) is 68.4 Å². The van der Waals surface area contributed by atoms with E-state index in [2.05, 4.69) is 37.8 Å². The summed E-state index contributed by atoms with van der Waals surface area (Å²) in [6, 6.07) is 10.4. The summed E-state index contributed by atoms with van der Waals surface area (Å²) in [5, 5.41) is 0. The lowest BCUT2D eigenvalue weighted by Gasteiger charge is -2.34. The molecule has 0 bridgehead atoms. The van der Waals surface area contributed by atoms with Crippen molar-refractivity contribution in [2.75, 3.05) is 6.54 Å². The highest BCUT2D eigenvalue weighted by Crippen LogP contribution is 2.41. The second kappa shape index (κ2) is 5.90. The largest absolute Gasteiger partial charge is 0.333 e. The van der Waals surface area contributed by atoms with Crippen molar-refractivity contribution in [1.82, 2.24) is 4.90 Å². The van der Waals surface area contributed by atoms with Gasteiger partial charge in [-0.15, -0.1) is 11.3 Å². The molecule has 3 rings (SSSR count). The molecule has 0 radical (unpaired) electrons. The van der Waals surface area contributed by atoms with Gasteiger partial charge in [-0.1, -0.05) is 42.4 Å². The molecule has 0 N–H and O–H groups in total. The average molecular weight is 332 g/mol. The highest BCUT2D eigenvalue weighted by Gasteiger charge is 2.31. The van der Waals surface area contributed by atoms with E-state index in [-0.39, 0.29) is 11.8 Å². The van der Waals surface area contributed by atoms with Crippen LogP contribution in [0.15, 0.2) is 42.5 Å². The van der Waals surface area contributed by atoms with Crippen LogP contribution in [0, 0.1) is 6.92 Å². The fraction of sp³-hybridized carbons (Fsp3) is 0.278. The topological polar surface area (TPSA) is 20.3 Å². The van der Waals surface area contributed by atoms with Gasteiger partial charge in [0, 0.05) is 22.9 Å². The summed E-state index contributed by atoms with van der Waals surface area (Å²) in [4.78, 5) is 15.4. The molecular weight excluding hydrogens is 314 g/mol. The third-order valence-electron chi connectivity index (χ3n) is 4.14. The number of hydrogen-bond acceptors (Lipinski definition) is 2. The molecule has 1 aliphatic rings. The molecule has 1 aromatic heterocycles. The Hall–Kier alpha value is -1.58. The molecule has 2 aromatic rings. The van der Waals surface area contributed by atoms with Crippen molar-refractivity contribution in [3.8, 4) is 0 Å². The van der Waals surface area contributed by atoms with Crippen LogP contribution < -0.4 is 0 Å². The van der Waals surface area contributed by atoms with Crippen molar-refractivity contribution < 1.29 is 4.79 Å². The van der Waals surface area contributed by atoms with Crippen LogP contribution in [0.1, 0.15) is 34.4 Å². The number of fused-ring (bicyclic) bond motifs is 1. The number of carbonyl (C=O) groups is 1. The van der Waals surface area contributed by atoms with Gasteiger partial charge >= 0.3 is 0 Å². The zero-order chi connectivity index (χ0) is 15.9. The van der Waals surface area contributed by atoms with Crippen molar-refractivity contribution >= 4 is 28.8 Å². The van der Waals surface area contributed by atoms with Crippen molar-refractivity contribution in [3.63, 3.8) is 0 Å². The fourth-order valence-corrected chi connectivity index (χ4v) is 4.41. The minimum Gasteiger partial charge on any atom is -0.333 e. The van der Waals surface area contributed by atoms with Gasteiger partial charge in [0.15, 0.2) is 0 Å². The Balaban J connectivity index is 2.06. The van der Waals surface area contributed by atoms with E-state index in [4.69, 9.17) is 11.6 Å². The van der Waals surface area contributed by atoms with Gasteiger partial charge < -0.3 is 4.90 Å². The summed E-state index contributed by atoms with van der Waals surface area (Å²) in [6.07, 6.45) is 0. The summed E-state index contributed by atoms with van der Waals surface area (Å²) in [5.74, 6) is 0.200. The second-order valence-electron chi connectivity index (χ2n) is 5.80. The first-order chi connectivity index (χ1) is 10.5. The Labute approximate surface area is 140 Å². The van der Waals surface area contributed by atoms with Crippen LogP contribution >= 0.6 is 22.9 Å². The lowest BCUT2D eigenvalue weighted by atomic mass is 9.86. The molecule has 2 heterocycles. The van der Waals surface area contributed by atoms with Crippen molar-refractivity contribution in [2.24, 2.45) is 0 Å². The third-order valence-corrected chi connectivity index (χ3v) is 5.41. The van der Waals surface area contributed by atoms with Gasteiger partial charge in [-0.25, -0.2) is 0 Å². The van der Waals surface area contributed by atoms with Crippen molar-refractivity contribution in [1.29, 1.82) is 0 Å². The molecule has 0 spiro atoms. The molecule has 1 aromatic carbocycles. The van der Waals surface area contributed by atoms with E-state index in [1.807, 2.05) is 11.0 Å². The summed E-state index contributed by atoms with van der Waals surface area (Å²) in [5.41, 5.74) is 4.34. The zero-order valence-electron chi connectivity index (χ0n) is 12.7. The third kappa shape index (κ3) is 2.71. The number of aryl methyl sites for hydroxylation is 1. The SMILES string of the molecule is C=C(C)C(=O)N1Cc2sc(Cl)cc2[C@@H](c2ccccc2C)C1. The van der Waals surface area contributed by atoms with Crippen LogP contribution in [0.5, 0.6) is 0 Å². The van der Waals surface area contributed by atoms with Gasteiger partial charge in [0.1, 0.15) is 0 Å². The molecule has 1 atom stereocenters. The van der Waals surface area contributed by atoms with Crippen LogP contribution in [0.4, 0.5) is 0 Å². The Bertz CT molecular complexity index is 749. The first-order valence-corrected chi connectivity index (χ1v) is 8.45. The monoisotopic (exact) mass is 331 g/mol. The van der Waals surface area contributed by atoms with Gasteiger partial charge in [-0.05, 0) is 36.6 Å². The molecule has 4 heteroatoms. The second-order valence-corrected chi connectivity index (χ2v) is 7.57. The highest BCUT2D eigenvalue weighted by molar-refractivity contribution is 7.16. The normalized spacial score (nSPS) is 17.2. The minimum atomic E-state index is 0.0220. The predicted octanol–water partition coefficient (Wildman–Crippen LogP) is 4.76. The number of benzene rings is 1. The van der Waals surface area contributed by atoms with Crippen LogP contribution in [-0.2, 0) is 11.3 Å². The summed E-state index contributed by atoms with van der Waals surface area (Å²) >= 11 is 7.80. The molecule has 0 saturated heterocycles. The standard InChI is InChI=1S/C18H18ClNOS/c1-11(2)18(21)20-9-15(13-7-5-4-6-12(13)3)14-8-17(19)22-16(14)10-20/h4-8,15H,1,9-10H2,2-3H3/t15-/m1/s1. The number of hydrogen-bond donors (Lipinski definition) is 0. The van der Waals surface area contributed by atoms with Gasteiger partial charge in [0.2, 0.25) is 5.91 Å². The first-order valence-electron chi connectivity index (χ1n) is 7.25. The molecule has 0 fully saturated rings. The Morgan fingerprint density at radius 3 is 2.77 bits per heavy atom. The van der Waals surface area contributed by atoms with E-state index in [1.165, 1.54) is 21.6 Å². The van der Waals surface area contributed by atoms with Crippen LogP contribution in [0.2, 0.25) is 4.34 Å². The van der Waals surface area contributed by atoms with Gasteiger partial charge in [0.25, 0.3) is 0 Å². The Kier molecular flexibility index (Phi) is 4.11. The van der Waals surface area contributed by atoms with Crippen molar-refractivity contribution in [2.45, 2.75) is 26.3 Å². The number of thiophene rings is 1. The van der Waals surface area contributed by atoms with E-state index in [9.17, 15) is 4.79 Å². The average Bonchev–Trinajstić information content (AvgIpc) is 2.86. The maximum Gasteiger partial charge on any atom is 0.249 e. The van der Waals surface area contributed by atoms with E-state index in [0.717, 1.165) is 4.34 Å². The number of amides is 1. The molecule has 1 amide bonds. The lowest BCUT2D eigenvalue weighted by molar-refractivity contribution is -0.128. The highest BCUT2D eigenvalue weighted by atomic mass is 35.5. The zero-order valence-corrected chi connectivity index (χ0v) is 14.3. The lowest BCUT2D eigenvalue weighted by Crippen LogP contribution is -2.38. The van der Waals surface area contributed by atoms with Crippen LogP contribution in [0.25, 0.3) is 0 Å². The molecule has 0 aliphatic carbocycles. The predicted molar refractivity (Wildman–Crippen MR) is 92.6 cm³/mol. The van der Waals surface area contributed by atoms with E-state index >= 15 is 0 Å². The van der Waals surface area contributed by atoms with E-state index in [1.54, 1.807) is 18.3 Å². The molecule has 2 nitrogen and oxygen atoms in total. The first kappa shape index (κ1) is 15.3. The molecule has 0 unspecified atom stereocenters. The maximum absolute atomic E-state index is 12.4. The van der Waals surface area contributed by atoms with Gasteiger partial charge in [0.05, 0.1) is 10.9 Å². The Morgan fingerprint density at radius 2 is 2.09 bits per heavy atom.